The molecule has 0 aliphatic rings. The highest BCUT2D eigenvalue weighted by Crippen LogP contribution is 2.28. The van der Waals surface area contributed by atoms with Crippen molar-refractivity contribution in [3.63, 3.8) is 0 Å². The van der Waals surface area contributed by atoms with Crippen molar-refractivity contribution in [2.75, 3.05) is 11.9 Å². The smallest absolute Gasteiger partial charge is 0.227 e. The van der Waals surface area contributed by atoms with Gasteiger partial charge in [0.1, 0.15) is 5.52 Å². The van der Waals surface area contributed by atoms with Gasteiger partial charge in [0, 0.05) is 29.1 Å². The van der Waals surface area contributed by atoms with E-state index in [0.717, 1.165) is 21.2 Å². The van der Waals surface area contributed by atoms with E-state index in [9.17, 15) is 0 Å². The van der Waals surface area contributed by atoms with Gasteiger partial charge in [-0.15, -0.1) is 5.10 Å². The summed E-state index contributed by atoms with van der Waals surface area (Å²) in [5, 5.41) is 25.8. The lowest BCUT2D eigenvalue weighted by Gasteiger charge is -2.08. The van der Waals surface area contributed by atoms with Crippen LogP contribution in [0.15, 0.2) is 35.3 Å². The maximum atomic E-state index is 9.16. The summed E-state index contributed by atoms with van der Waals surface area (Å²) in [7, 11) is 0. The monoisotopic (exact) mass is 401 g/mol. The number of hydrogen-bond donors (Lipinski definition) is 3. The molecule has 0 saturated carbocycles. The molecule has 11 heteroatoms. The van der Waals surface area contributed by atoms with Crippen molar-refractivity contribution in [2.24, 2.45) is 0 Å². The minimum Gasteiger partial charge on any atom is -0.395 e. The predicted octanol–water partition coefficient (Wildman–Crippen LogP) is 1.50. The number of halogens is 1. The van der Waals surface area contributed by atoms with Gasteiger partial charge in [0.25, 0.3) is 0 Å². The van der Waals surface area contributed by atoms with Crippen molar-refractivity contribution in [1.29, 1.82) is 0 Å². The topological polar surface area (TPSA) is 130 Å². The summed E-state index contributed by atoms with van der Waals surface area (Å²) in [6.45, 7) is 0.518. The molecule has 25 heavy (non-hydrogen) atoms. The number of imidazole rings is 1. The molecule has 3 heterocycles. The van der Waals surface area contributed by atoms with E-state index in [-0.39, 0.29) is 6.61 Å². The number of aromatic amines is 1. The summed E-state index contributed by atoms with van der Waals surface area (Å²) in [5.41, 5.74) is 3.21. The Morgan fingerprint density at radius 3 is 2.76 bits per heavy atom. The molecule has 4 aromatic rings. The Labute approximate surface area is 149 Å². The molecule has 4 rings (SSSR count). The SMILES string of the molecule is OCCn1cnc2c(Br)cc(Nc3ncc(-c4nnn[nH]4)cn3)cc21. The number of nitrogens with zero attached hydrogens (tertiary/aromatic N) is 7. The normalized spacial score (nSPS) is 11.1. The molecule has 0 amide bonds. The van der Waals surface area contributed by atoms with Gasteiger partial charge in [0.05, 0.1) is 24.0 Å². The third-order valence-electron chi connectivity index (χ3n) is 3.55. The fourth-order valence-electron chi connectivity index (χ4n) is 2.40. The molecule has 0 bridgehead atoms. The molecule has 126 valence electrons. The summed E-state index contributed by atoms with van der Waals surface area (Å²) in [6, 6.07) is 3.83. The molecular weight excluding hydrogens is 390 g/mol. The van der Waals surface area contributed by atoms with Crippen molar-refractivity contribution < 1.29 is 5.11 Å². The second kappa shape index (κ2) is 6.53. The van der Waals surface area contributed by atoms with E-state index in [0.29, 0.717) is 23.9 Å². The number of aliphatic hydroxyl groups excluding tert-OH is 1. The van der Waals surface area contributed by atoms with Crippen LogP contribution in [-0.2, 0) is 6.54 Å². The molecule has 1 aromatic carbocycles. The number of H-pyrrole nitrogens is 1. The minimum absolute atomic E-state index is 0.0435. The number of aromatic nitrogens is 8. The highest BCUT2D eigenvalue weighted by molar-refractivity contribution is 9.10. The fraction of sp³-hybridized carbons (Fsp3) is 0.143. The molecule has 3 aromatic heterocycles. The van der Waals surface area contributed by atoms with Gasteiger partial charge >= 0.3 is 0 Å². The van der Waals surface area contributed by atoms with E-state index in [1.165, 1.54) is 0 Å². The molecule has 0 fully saturated rings. The first-order chi connectivity index (χ1) is 12.2. The fourth-order valence-corrected chi connectivity index (χ4v) is 2.96. The second-order valence-electron chi connectivity index (χ2n) is 5.16. The Hall–Kier alpha value is -2.92. The summed E-state index contributed by atoms with van der Waals surface area (Å²) >= 11 is 3.52. The molecule has 0 unspecified atom stereocenters. The summed E-state index contributed by atoms with van der Waals surface area (Å²) in [4.78, 5) is 12.9. The molecule has 0 radical (unpaired) electrons. The van der Waals surface area contributed by atoms with Crippen LogP contribution in [0.3, 0.4) is 0 Å². The van der Waals surface area contributed by atoms with Gasteiger partial charge in [-0.25, -0.2) is 20.1 Å². The van der Waals surface area contributed by atoms with Gasteiger partial charge in [0.2, 0.25) is 5.95 Å². The van der Waals surface area contributed by atoms with Crippen molar-refractivity contribution in [2.45, 2.75) is 6.54 Å². The van der Waals surface area contributed by atoms with Crippen molar-refractivity contribution in [3.8, 4) is 11.4 Å². The van der Waals surface area contributed by atoms with E-state index in [4.69, 9.17) is 5.11 Å². The molecule has 0 spiro atoms. The highest BCUT2D eigenvalue weighted by atomic mass is 79.9. The van der Waals surface area contributed by atoms with Gasteiger partial charge in [0.15, 0.2) is 5.82 Å². The average Bonchev–Trinajstić information content (AvgIpc) is 3.27. The van der Waals surface area contributed by atoms with E-state index >= 15 is 0 Å². The Morgan fingerprint density at radius 1 is 1.20 bits per heavy atom. The first-order valence-corrected chi connectivity index (χ1v) is 8.12. The van der Waals surface area contributed by atoms with Gasteiger partial charge in [-0.05, 0) is 38.5 Å². The van der Waals surface area contributed by atoms with Crippen LogP contribution >= 0.6 is 15.9 Å². The van der Waals surface area contributed by atoms with Gasteiger partial charge in [-0.3, -0.25) is 0 Å². The molecule has 0 aliphatic heterocycles. The Balaban J connectivity index is 1.62. The molecule has 0 aliphatic carbocycles. The van der Waals surface area contributed by atoms with Gasteiger partial charge in [-0.1, -0.05) is 0 Å². The largest absolute Gasteiger partial charge is 0.395 e. The average molecular weight is 402 g/mol. The zero-order valence-corrected chi connectivity index (χ0v) is 14.3. The van der Waals surface area contributed by atoms with E-state index < -0.39 is 0 Å². The number of hydrogen-bond acceptors (Lipinski definition) is 8. The number of aliphatic hydroxyl groups is 1. The number of anilines is 2. The lowest BCUT2D eigenvalue weighted by atomic mass is 10.2. The molecule has 0 atom stereocenters. The standard InChI is InChI=1S/C14H12BrN9O/c15-10-3-9(4-11-12(10)18-7-24(11)1-2-25)19-14-16-5-8(6-17-14)13-20-22-23-21-13/h3-7,25H,1-2H2,(H,16,17,19)(H,20,21,22,23). The molecule has 3 N–H and O–H groups in total. The lowest BCUT2D eigenvalue weighted by molar-refractivity contribution is 0.278. The highest BCUT2D eigenvalue weighted by Gasteiger charge is 2.10. The first-order valence-electron chi connectivity index (χ1n) is 7.33. The summed E-state index contributed by atoms with van der Waals surface area (Å²) in [5.74, 6) is 0.944. The maximum Gasteiger partial charge on any atom is 0.227 e. The number of benzene rings is 1. The Morgan fingerprint density at radius 2 is 2.04 bits per heavy atom. The number of nitrogens with one attached hydrogen (secondary N) is 2. The van der Waals surface area contributed by atoms with Crippen LogP contribution in [0.1, 0.15) is 0 Å². The van der Waals surface area contributed by atoms with Crippen LogP contribution in [0, 0.1) is 0 Å². The Bertz CT molecular complexity index is 997. The summed E-state index contributed by atoms with van der Waals surface area (Å²) in [6.07, 6.45) is 4.95. The maximum absolute atomic E-state index is 9.16. The molecule has 10 nitrogen and oxygen atoms in total. The summed E-state index contributed by atoms with van der Waals surface area (Å²) < 4.78 is 2.72. The zero-order valence-electron chi connectivity index (χ0n) is 12.8. The number of fused-ring (bicyclic) bond motifs is 1. The van der Waals surface area contributed by atoms with Crippen molar-refractivity contribution in [1.82, 2.24) is 40.1 Å². The van der Waals surface area contributed by atoms with Crippen molar-refractivity contribution in [3.05, 3.63) is 35.3 Å². The minimum atomic E-state index is 0.0435. The Kier molecular flexibility index (Phi) is 4.07. The van der Waals surface area contributed by atoms with Crippen molar-refractivity contribution >= 4 is 38.6 Å². The predicted molar refractivity (Wildman–Crippen MR) is 93.0 cm³/mol. The van der Waals surface area contributed by atoms with E-state index in [1.807, 2.05) is 16.7 Å². The van der Waals surface area contributed by atoms with E-state index in [1.54, 1.807) is 18.7 Å². The van der Waals surface area contributed by atoms with E-state index in [2.05, 4.69) is 56.8 Å². The van der Waals surface area contributed by atoms with Gasteiger partial charge in [-0.2, -0.15) is 0 Å². The molecular formula is C14H12BrN9O. The van der Waals surface area contributed by atoms with Crippen LogP contribution in [-0.4, -0.2) is 51.9 Å². The van der Waals surface area contributed by atoms with Crippen LogP contribution in [0.5, 0.6) is 0 Å². The third-order valence-corrected chi connectivity index (χ3v) is 4.15. The van der Waals surface area contributed by atoms with Crippen LogP contribution in [0.4, 0.5) is 11.6 Å². The van der Waals surface area contributed by atoms with Crippen LogP contribution < -0.4 is 5.32 Å². The first kappa shape index (κ1) is 15.6. The number of tetrazole rings is 1. The lowest BCUT2D eigenvalue weighted by Crippen LogP contribution is -2.01. The van der Waals surface area contributed by atoms with Crippen LogP contribution in [0.25, 0.3) is 22.4 Å². The number of rotatable bonds is 5. The van der Waals surface area contributed by atoms with Gasteiger partial charge < -0.3 is 15.0 Å². The second-order valence-corrected chi connectivity index (χ2v) is 6.01. The van der Waals surface area contributed by atoms with Crippen LogP contribution in [0.2, 0.25) is 0 Å². The third kappa shape index (κ3) is 3.06. The molecule has 0 saturated heterocycles. The quantitative estimate of drug-likeness (QED) is 0.458. The zero-order chi connectivity index (χ0) is 17.2.